The Hall–Kier alpha value is -1.84. The SMILES string of the molecule is C=CC(=O)NC(CC)c1cccc(OC)n1. The number of hydrogen-bond acceptors (Lipinski definition) is 3. The van der Waals surface area contributed by atoms with E-state index in [1.165, 1.54) is 6.08 Å². The van der Waals surface area contributed by atoms with Gasteiger partial charge in [0.1, 0.15) is 0 Å². The topological polar surface area (TPSA) is 51.2 Å². The number of hydrogen-bond donors (Lipinski definition) is 1. The smallest absolute Gasteiger partial charge is 0.243 e. The summed E-state index contributed by atoms with van der Waals surface area (Å²) >= 11 is 0. The number of methoxy groups -OCH3 is 1. The van der Waals surface area contributed by atoms with Crippen molar-refractivity contribution in [1.29, 1.82) is 0 Å². The van der Waals surface area contributed by atoms with Gasteiger partial charge in [-0.25, -0.2) is 4.98 Å². The van der Waals surface area contributed by atoms with E-state index in [1.54, 1.807) is 13.2 Å². The molecule has 1 aromatic rings. The standard InChI is InChI=1S/C12H16N2O2/c1-4-9(13-11(15)5-2)10-7-6-8-12(14-10)16-3/h5-9H,2,4H2,1,3H3,(H,13,15). The van der Waals surface area contributed by atoms with Gasteiger partial charge in [-0.15, -0.1) is 0 Å². The van der Waals surface area contributed by atoms with Crippen molar-refractivity contribution in [1.82, 2.24) is 10.3 Å². The number of nitrogens with zero attached hydrogens (tertiary/aromatic N) is 1. The van der Waals surface area contributed by atoms with Crippen LogP contribution < -0.4 is 10.1 Å². The van der Waals surface area contributed by atoms with Crippen LogP contribution in [-0.2, 0) is 4.79 Å². The largest absolute Gasteiger partial charge is 0.481 e. The lowest BCUT2D eigenvalue weighted by molar-refractivity contribution is -0.117. The predicted octanol–water partition coefficient (Wildman–Crippen LogP) is 1.84. The molecule has 1 atom stereocenters. The van der Waals surface area contributed by atoms with Crippen molar-refractivity contribution < 1.29 is 9.53 Å². The molecule has 1 unspecified atom stereocenters. The normalized spacial score (nSPS) is 11.6. The first kappa shape index (κ1) is 12.2. The van der Waals surface area contributed by atoms with E-state index in [0.29, 0.717) is 5.88 Å². The minimum atomic E-state index is -0.198. The molecule has 1 heterocycles. The fourth-order valence-electron chi connectivity index (χ4n) is 1.35. The van der Waals surface area contributed by atoms with E-state index >= 15 is 0 Å². The lowest BCUT2D eigenvalue weighted by Crippen LogP contribution is -2.26. The summed E-state index contributed by atoms with van der Waals surface area (Å²) in [6, 6.07) is 5.37. The summed E-state index contributed by atoms with van der Waals surface area (Å²) in [5.41, 5.74) is 0.789. The van der Waals surface area contributed by atoms with Crippen molar-refractivity contribution in [3.8, 4) is 5.88 Å². The molecular weight excluding hydrogens is 204 g/mol. The van der Waals surface area contributed by atoms with Crippen molar-refractivity contribution in [3.05, 3.63) is 36.5 Å². The van der Waals surface area contributed by atoms with Crippen LogP contribution in [0.2, 0.25) is 0 Å². The molecule has 0 radical (unpaired) electrons. The zero-order chi connectivity index (χ0) is 12.0. The van der Waals surface area contributed by atoms with Gasteiger partial charge in [-0.3, -0.25) is 4.79 Å². The van der Waals surface area contributed by atoms with Crippen molar-refractivity contribution in [2.24, 2.45) is 0 Å². The quantitative estimate of drug-likeness (QED) is 0.770. The van der Waals surface area contributed by atoms with Crippen LogP contribution in [0.4, 0.5) is 0 Å². The Bertz CT molecular complexity index is 377. The maximum Gasteiger partial charge on any atom is 0.243 e. The molecule has 86 valence electrons. The van der Waals surface area contributed by atoms with E-state index in [1.807, 2.05) is 19.1 Å². The zero-order valence-corrected chi connectivity index (χ0v) is 9.56. The molecule has 0 aliphatic rings. The number of pyridine rings is 1. The molecule has 0 aliphatic carbocycles. The highest BCUT2D eigenvalue weighted by Gasteiger charge is 2.12. The monoisotopic (exact) mass is 220 g/mol. The predicted molar refractivity (Wildman–Crippen MR) is 62.2 cm³/mol. The molecule has 0 bridgehead atoms. The van der Waals surface area contributed by atoms with Gasteiger partial charge in [0.15, 0.2) is 0 Å². The lowest BCUT2D eigenvalue weighted by atomic mass is 10.1. The van der Waals surface area contributed by atoms with Crippen molar-refractivity contribution in [2.45, 2.75) is 19.4 Å². The van der Waals surface area contributed by atoms with E-state index in [9.17, 15) is 4.79 Å². The Morgan fingerprint density at radius 1 is 1.69 bits per heavy atom. The van der Waals surface area contributed by atoms with Gasteiger partial charge in [-0.2, -0.15) is 0 Å². The van der Waals surface area contributed by atoms with Crippen LogP contribution in [0, 0.1) is 0 Å². The lowest BCUT2D eigenvalue weighted by Gasteiger charge is -2.15. The first-order valence-electron chi connectivity index (χ1n) is 5.15. The molecule has 0 aromatic carbocycles. The second kappa shape index (κ2) is 5.90. The number of nitrogens with one attached hydrogen (secondary N) is 1. The van der Waals surface area contributed by atoms with Gasteiger partial charge in [-0.1, -0.05) is 19.6 Å². The molecule has 4 nitrogen and oxygen atoms in total. The van der Waals surface area contributed by atoms with Gasteiger partial charge in [-0.05, 0) is 18.6 Å². The van der Waals surface area contributed by atoms with Gasteiger partial charge >= 0.3 is 0 Å². The average molecular weight is 220 g/mol. The molecule has 4 heteroatoms. The van der Waals surface area contributed by atoms with E-state index in [0.717, 1.165) is 12.1 Å². The molecular formula is C12H16N2O2. The highest BCUT2D eigenvalue weighted by atomic mass is 16.5. The van der Waals surface area contributed by atoms with Gasteiger partial charge in [0.2, 0.25) is 11.8 Å². The molecule has 1 amide bonds. The van der Waals surface area contributed by atoms with Crippen LogP contribution in [0.25, 0.3) is 0 Å². The van der Waals surface area contributed by atoms with Crippen molar-refractivity contribution in [2.75, 3.05) is 7.11 Å². The van der Waals surface area contributed by atoms with Crippen LogP contribution >= 0.6 is 0 Å². The fourth-order valence-corrected chi connectivity index (χ4v) is 1.35. The molecule has 1 N–H and O–H groups in total. The van der Waals surface area contributed by atoms with Crippen LogP contribution in [0.5, 0.6) is 5.88 Å². The zero-order valence-electron chi connectivity index (χ0n) is 9.56. The highest BCUT2D eigenvalue weighted by Crippen LogP contribution is 2.17. The molecule has 1 aromatic heterocycles. The highest BCUT2D eigenvalue weighted by molar-refractivity contribution is 5.87. The van der Waals surface area contributed by atoms with Gasteiger partial charge < -0.3 is 10.1 Å². The Balaban J connectivity index is 2.85. The van der Waals surface area contributed by atoms with Gasteiger partial charge in [0, 0.05) is 6.07 Å². The number of aromatic nitrogens is 1. The van der Waals surface area contributed by atoms with Crippen LogP contribution in [0.3, 0.4) is 0 Å². The maximum atomic E-state index is 11.2. The van der Waals surface area contributed by atoms with E-state index in [2.05, 4.69) is 16.9 Å². The molecule has 0 fully saturated rings. The van der Waals surface area contributed by atoms with Crippen molar-refractivity contribution >= 4 is 5.91 Å². The van der Waals surface area contributed by atoms with E-state index < -0.39 is 0 Å². The third-order valence-corrected chi connectivity index (χ3v) is 2.22. The molecule has 0 saturated carbocycles. The molecule has 0 spiro atoms. The molecule has 16 heavy (non-hydrogen) atoms. The maximum absolute atomic E-state index is 11.2. The van der Waals surface area contributed by atoms with Crippen LogP contribution in [0.1, 0.15) is 25.1 Å². The molecule has 1 rings (SSSR count). The summed E-state index contributed by atoms with van der Waals surface area (Å²) in [6.07, 6.45) is 2.02. The Labute approximate surface area is 95.3 Å². The third kappa shape index (κ3) is 3.08. The average Bonchev–Trinajstić information content (AvgIpc) is 2.35. The van der Waals surface area contributed by atoms with Crippen molar-refractivity contribution in [3.63, 3.8) is 0 Å². The van der Waals surface area contributed by atoms with Crippen LogP contribution in [0.15, 0.2) is 30.9 Å². The van der Waals surface area contributed by atoms with Gasteiger partial charge in [0.05, 0.1) is 18.8 Å². The number of carbonyl (C=O) groups excluding carboxylic acids is 1. The fraction of sp³-hybridized carbons (Fsp3) is 0.333. The van der Waals surface area contributed by atoms with Crippen LogP contribution in [-0.4, -0.2) is 18.0 Å². The summed E-state index contributed by atoms with van der Waals surface area (Å²) in [4.78, 5) is 15.5. The summed E-state index contributed by atoms with van der Waals surface area (Å²) in [5, 5.41) is 2.81. The summed E-state index contributed by atoms with van der Waals surface area (Å²) < 4.78 is 5.04. The molecule has 0 saturated heterocycles. The number of ether oxygens (including phenoxy) is 1. The van der Waals surface area contributed by atoms with Gasteiger partial charge in [0.25, 0.3) is 0 Å². The summed E-state index contributed by atoms with van der Waals surface area (Å²) in [6.45, 7) is 5.40. The molecule has 0 aliphatic heterocycles. The number of carbonyl (C=O) groups is 1. The second-order valence-corrected chi connectivity index (χ2v) is 3.28. The Morgan fingerprint density at radius 3 is 3.00 bits per heavy atom. The van der Waals surface area contributed by atoms with E-state index in [4.69, 9.17) is 4.74 Å². The number of rotatable bonds is 5. The Morgan fingerprint density at radius 2 is 2.44 bits per heavy atom. The Kier molecular flexibility index (Phi) is 4.51. The first-order chi connectivity index (χ1) is 7.71. The summed E-state index contributed by atoms with van der Waals surface area (Å²) in [5.74, 6) is 0.347. The number of amides is 1. The third-order valence-electron chi connectivity index (χ3n) is 2.22. The minimum Gasteiger partial charge on any atom is -0.481 e. The minimum absolute atomic E-state index is 0.111. The first-order valence-corrected chi connectivity index (χ1v) is 5.15. The van der Waals surface area contributed by atoms with E-state index in [-0.39, 0.29) is 11.9 Å². The second-order valence-electron chi connectivity index (χ2n) is 3.28. The summed E-state index contributed by atoms with van der Waals surface area (Å²) in [7, 11) is 1.56.